The summed E-state index contributed by atoms with van der Waals surface area (Å²) in [7, 11) is 0. The van der Waals surface area contributed by atoms with Gasteiger partial charge in [0.1, 0.15) is 6.04 Å². The summed E-state index contributed by atoms with van der Waals surface area (Å²) < 4.78 is 25.9. The third-order valence-corrected chi connectivity index (χ3v) is 2.41. The highest BCUT2D eigenvalue weighted by molar-refractivity contribution is 5.81. The molecular weight excluding hydrogens is 256 g/mol. The highest BCUT2D eigenvalue weighted by Crippen LogP contribution is 2.16. The van der Waals surface area contributed by atoms with Gasteiger partial charge in [-0.15, -0.1) is 0 Å². The van der Waals surface area contributed by atoms with Gasteiger partial charge in [0, 0.05) is 11.5 Å². The Morgan fingerprint density at radius 1 is 1.47 bits per heavy atom. The summed E-state index contributed by atoms with van der Waals surface area (Å²) in [4.78, 5) is 13.9. The number of halogens is 2. The molecule has 8 heteroatoms. The Labute approximate surface area is 108 Å². The number of nitrogens with two attached hydrogens (primary N) is 1. The fourth-order valence-electron chi connectivity index (χ4n) is 1.52. The predicted molar refractivity (Wildman–Crippen MR) is 64.9 cm³/mol. The Hall–Kier alpha value is -2.18. The van der Waals surface area contributed by atoms with Crippen molar-refractivity contribution in [2.24, 2.45) is 10.8 Å². The molecule has 0 bridgehead atoms. The van der Waals surface area contributed by atoms with Crippen molar-refractivity contribution >= 4 is 5.91 Å². The van der Waals surface area contributed by atoms with Gasteiger partial charge in [-0.2, -0.15) is 0 Å². The second kappa shape index (κ2) is 7.30. The van der Waals surface area contributed by atoms with E-state index in [9.17, 15) is 13.6 Å². The number of primary amides is 1. The molecule has 0 saturated carbocycles. The van der Waals surface area contributed by atoms with E-state index in [4.69, 9.17) is 11.3 Å². The molecular formula is C11H13F2N5O. The van der Waals surface area contributed by atoms with Crippen LogP contribution in [0.25, 0.3) is 10.4 Å². The molecule has 1 aromatic rings. The summed E-state index contributed by atoms with van der Waals surface area (Å²) in [5.41, 5.74) is 13.5. The number of hydrogen-bond donors (Lipinski definition) is 2. The lowest BCUT2D eigenvalue weighted by Crippen LogP contribution is -2.34. The lowest BCUT2D eigenvalue weighted by Gasteiger charge is -2.15. The summed E-state index contributed by atoms with van der Waals surface area (Å²) in [6, 6.07) is 2.23. The van der Waals surface area contributed by atoms with Crippen molar-refractivity contribution in [3.63, 3.8) is 0 Å². The molecule has 0 aliphatic heterocycles. The van der Waals surface area contributed by atoms with Gasteiger partial charge in [-0.1, -0.05) is 11.2 Å². The van der Waals surface area contributed by atoms with Crippen molar-refractivity contribution in [1.29, 1.82) is 0 Å². The summed E-state index contributed by atoms with van der Waals surface area (Å²) in [5, 5.41) is 6.12. The molecule has 1 aromatic carbocycles. The zero-order chi connectivity index (χ0) is 14.3. The third kappa shape index (κ3) is 4.53. The molecule has 0 radical (unpaired) electrons. The van der Waals surface area contributed by atoms with E-state index in [1.54, 1.807) is 0 Å². The van der Waals surface area contributed by atoms with Crippen LogP contribution in [0.3, 0.4) is 0 Å². The highest BCUT2D eigenvalue weighted by atomic mass is 19.2. The number of nitrogens with one attached hydrogen (secondary N) is 1. The SMILES string of the molecule is [N-]=[N+]=NCCCNC(C(N)=O)c1ccc(F)c(F)c1. The maximum Gasteiger partial charge on any atom is 0.239 e. The Morgan fingerprint density at radius 3 is 2.79 bits per heavy atom. The van der Waals surface area contributed by atoms with Gasteiger partial charge < -0.3 is 11.1 Å². The van der Waals surface area contributed by atoms with Crippen LogP contribution in [-0.2, 0) is 4.79 Å². The van der Waals surface area contributed by atoms with Gasteiger partial charge in [0.15, 0.2) is 11.6 Å². The molecule has 1 atom stereocenters. The van der Waals surface area contributed by atoms with Gasteiger partial charge in [0.05, 0.1) is 0 Å². The molecule has 0 heterocycles. The van der Waals surface area contributed by atoms with Gasteiger partial charge in [0.2, 0.25) is 5.91 Å². The topological polar surface area (TPSA) is 104 Å². The van der Waals surface area contributed by atoms with Gasteiger partial charge in [0.25, 0.3) is 0 Å². The van der Waals surface area contributed by atoms with Crippen LogP contribution >= 0.6 is 0 Å². The first-order valence-corrected chi connectivity index (χ1v) is 5.54. The zero-order valence-electron chi connectivity index (χ0n) is 10.0. The number of amides is 1. The number of carbonyl (C=O) groups is 1. The van der Waals surface area contributed by atoms with E-state index < -0.39 is 23.6 Å². The number of azide groups is 1. The first-order chi connectivity index (χ1) is 9.06. The van der Waals surface area contributed by atoms with E-state index in [1.165, 1.54) is 6.07 Å². The molecule has 6 nitrogen and oxygen atoms in total. The van der Waals surface area contributed by atoms with Crippen molar-refractivity contribution in [2.45, 2.75) is 12.5 Å². The lowest BCUT2D eigenvalue weighted by atomic mass is 10.1. The molecule has 102 valence electrons. The monoisotopic (exact) mass is 269 g/mol. The van der Waals surface area contributed by atoms with E-state index in [0.29, 0.717) is 13.0 Å². The summed E-state index contributed by atoms with van der Waals surface area (Å²) >= 11 is 0. The van der Waals surface area contributed by atoms with Gasteiger partial charge in [-0.05, 0) is 36.2 Å². The van der Waals surface area contributed by atoms with E-state index >= 15 is 0 Å². The maximum atomic E-state index is 13.1. The van der Waals surface area contributed by atoms with Crippen LogP contribution in [0.15, 0.2) is 23.3 Å². The molecule has 0 fully saturated rings. The van der Waals surface area contributed by atoms with Crippen LogP contribution in [0, 0.1) is 11.6 Å². The Kier molecular flexibility index (Phi) is 5.72. The minimum Gasteiger partial charge on any atom is -0.368 e. The van der Waals surface area contributed by atoms with E-state index in [1.807, 2.05) is 0 Å². The second-order valence-electron chi connectivity index (χ2n) is 3.77. The average Bonchev–Trinajstić information content (AvgIpc) is 2.37. The second-order valence-corrected chi connectivity index (χ2v) is 3.77. The van der Waals surface area contributed by atoms with Crippen molar-refractivity contribution in [1.82, 2.24) is 5.32 Å². The Balaban J connectivity index is 2.69. The molecule has 0 spiro atoms. The number of nitrogens with zero attached hydrogens (tertiary/aromatic N) is 3. The minimum atomic E-state index is -1.04. The smallest absolute Gasteiger partial charge is 0.239 e. The summed E-state index contributed by atoms with van der Waals surface area (Å²) in [5.74, 6) is -2.73. The number of hydrogen-bond acceptors (Lipinski definition) is 3. The third-order valence-electron chi connectivity index (χ3n) is 2.41. The molecule has 1 rings (SSSR count). The van der Waals surface area contributed by atoms with Crippen molar-refractivity contribution < 1.29 is 13.6 Å². The van der Waals surface area contributed by atoms with Gasteiger partial charge in [-0.3, -0.25) is 4.79 Å². The average molecular weight is 269 g/mol. The molecule has 0 saturated heterocycles. The maximum absolute atomic E-state index is 13.1. The Morgan fingerprint density at radius 2 is 2.21 bits per heavy atom. The molecule has 1 unspecified atom stereocenters. The molecule has 19 heavy (non-hydrogen) atoms. The van der Waals surface area contributed by atoms with E-state index in [2.05, 4.69) is 15.3 Å². The van der Waals surface area contributed by atoms with Crippen LogP contribution in [0.2, 0.25) is 0 Å². The van der Waals surface area contributed by atoms with Crippen LogP contribution in [-0.4, -0.2) is 19.0 Å². The number of benzene rings is 1. The first-order valence-electron chi connectivity index (χ1n) is 5.54. The van der Waals surface area contributed by atoms with E-state index in [-0.39, 0.29) is 12.1 Å². The van der Waals surface area contributed by atoms with Gasteiger partial charge in [-0.25, -0.2) is 8.78 Å². The standard InChI is InChI=1S/C11H13F2N5O/c12-8-3-2-7(6-9(8)13)10(11(14)19)16-4-1-5-17-18-15/h2-3,6,10,16H,1,4-5H2,(H2,14,19). The van der Waals surface area contributed by atoms with Crippen LogP contribution in [0.4, 0.5) is 8.78 Å². The van der Waals surface area contributed by atoms with Crippen LogP contribution in [0.5, 0.6) is 0 Å². The molecule has 1 amide bonds. The largest absolute Gasteiger partial charge is 0.368 e. The fourth-order valence-corrected chi connectivity index (χ4v) is 1.52. The molecule has 0 aliphatic rings. The number of carbonyl (C=O) groups excluding carboxylic acids is 1. The van der Waals surface area contributed by atoms with Crippen molar-refractivity contribution in [3.8, 4) is 0 Å². The zero-order valence-corrected chi connectivity index (χ0v) is 10.0. The van der Waals surface area contributed by atoms with Gasteiger partial charge >= 0.3 is 0 Å². The number of rotatable bonds is 7. The van der Waals surface area contributed by atoms with Crippen LogP contribution in [0.1, 0.15) is 18.0 Å². The lowest BCUT2D eigenvalue weighted by molar-refractivity contribution is -0.120. The Bertz CT molecular complexity index is 502. The molecule has 3 N–H and O–H groups in total. The summed E-state index contributed by atoms with van der Waals surface area (Å²) in [6.07, 6.45) is 0.498. The first kappa shape index (κ1) is 14.9. The normalized spacial score (nSPS) is 11.7. The molecule has 0 aliphatic carbocycles. The highest BCUT2D eigenvalue weighted by Gasteiger charge is 2.18. The fraction of sp³-hybridized carbons (Fsp3) is 0.364. The summed E-state index contributed by atoms with van der Waals surface area (Å²) in [6.45, 7) is 0.623. The van der Waals surface area contributed by atoms with E-state index in [0.717, 1.165) is 12.1 Å². The predicted octanol–water partition coefficient (Wildman–Crippen LogP) is 1.78. The van der Waals surface area contributed by atoms with Crippen molar-refractivity contribution in [3.05, 3.63) is 45.8 Å². The quantitative estimate of drug-likeness (QED) is 0.341. The molecule has 0 aromatic heterocycles. The van der Waals surface area contributed by atoms with Crippen LogP contribution < -0.4 is 11.1 Å². The minimum absolute atomic E-state index is 0.246. The van der Waals surface area contributed by atoms with Crippen molar-refractivity contribution in [2.75, 3.05) is 13.1 Å².